The minimum atomic E-state index is -3.82. The van der Waals surface area contributed by atoms with Crippen molar-refractivity contribution in [3.8, 4) is 0 Å². The zero-order valence-corrected chi connectivity index (χ0v) is 14.3. The van der Waals surface area contributed by atoms with E-state index in [0.717, 1.165) is 16.7 Å². The number of rotatable bonds is 3. The second kappa shape index (κ2) is 5.25. The fourth-order valence-electron chi connectivity index (χ4n) is 2.54. The standard InChI is InChI=1S/C15H13N5O2S2/c1-2-9-3-5-10(6-4-9)24(21,22)15-14-17-13(16)12-11(7-8-23-12)20(14)19-18-15/h3-8H,2H2,1H3,(H2,16,17). The first-order valence-corrected chi connectivity index (χ1v) is 9.60. The Balaban J connectivity index is 1.96. The molecule has 2 N–H and O–H groups in total. The van der Waals surface area contributed by atoms with Crippen molar-refractivity contribution in [2.24, 2.45) is 0 Å². The van der Waals surface area contributed by atoms with Gasteiger partial charge < -0.3 is 5.73 Å². The number of nitrogens with two attached hydrogens (primary N) is 1. The van der Waals surface area contributed by atoms with E-state index < -0.39 is 9.84 Å². The molecule has 0 bridgehead atoms. The molecular weight excluding hydrogens is 346 g/mol. The molecule has 122 valence electrons. The molecular formula is C15H13N5O2S2. The summed E-state index contributed by atoms with van der Waals surface area (Å²) in [5, 5.41) is 9.49. The van der Waals surface area contributed by atoms with Gasteiger partial charge in [0.05, 0.1) is 15.1 Å². The van der Waals surface area contributed by atoms with Crippen LogP contribution in [-0.4, -0.2) is 28.2 Å². The molecule has 0 radical (unpaired) electrons. The number of nitrogen functional groups attached to an aromatic ring is 1. The van der Waals surface area contributed by atoms with Crippen LogP contribution in [0.5, 0.6) is 0 Å². The van der Waals surface area contributed by atoms with E-state index >= 15 is 0 Å². The number of hydrogen-bond acceptors (Lipinski definition) is 7. The van der Waals surface area contributed by atoms with Crippen molar-refractivity contribution in [3.63, 3.8) is 0 Å². The van der Waals surface area contributed by atoms with Gasteiger partial charge in [-0.3, -0.25) is 0 Å². The van der Waals surface area contributed by atoms with Crippen molar-refractivity contribution in [1.82, 2.24) is 19.8 Å². The van der Waals surface area contributed by atoms with Crippen molar-refractivity contribution in [2.45, 2.75) is 23.3 Å². The summed E-state index contributed by atoms with van der Waals surface area (Å²) >= 11 is 1.42. The second-order valence-corrected chi connectivity index (χ2v) is 8.04. The van der Waals surface area contributed by atoms with Crippen LogP contribution in [0.25, 0.3) is 15.9 Å². The Labute approximate surface area is 141 Å². The third-order valence-electron chi connectivity index (χ3n) is 3.84. The highest BCUT2D eigenvalue weighted by Gasteiger charge is 2.27. The fourth-order valence-corrected chi connectivity index (χ4v) is 4.54. The Morgan fingerprint density at radius 1 is 1.21 bits per heavy atom. The van der Waals surface area contributed by atoms with Crippen LogP contribution < -0.4 is 5.73 Å². The summed E-state index contributed by atoms with van der Waals surface area (Å²) < 4.78 is 28.0. The van der Waals surface area contributed by atoms with E-state index in [9.17, 15) is 8.42 Å². The summed E-state index contributed by atoms with van der Waals surface area (Å²) in [4.78, 5) is 4.37. The normalized spacial score (nSPS) is 12.2. The average molecular weight is 359 g/mol. The van der Waals surface area contributed by atoms with Crippen molar-refractivity contribution in [3.05, 3.63) is 41.3 Å². The predicted molar refractivity (Wildman–Crippen MR) is 91.8 cm³/mol. The van der Waals surface area contributed by atoms with Crippen molar-refractivity contribution < 1.29 is 8.42 Å². The lowest BCUT2D eigenvalue weighted by molar-refractivity contribution is 0.592. The van der Waals surface area contributed by atoms with E-state index in [2.05, 4.69) is 15.3 Å². The summed E-state index contributed by atoms with van der Waals surface area (Å²) in [6.45, 7) is 2.01. The molecule has 0 fully saturated rings. The van der Waals surface area contributed by atoms with Crippen LogP contribution in [-0.2, 0) is 16.3 Å². The average Bonchev–Trinajstić information content (AvgIpc) is 3.21. The van der Waals surface area contributed by atoms with Gasteiger partial charge in [0.2, 0.25) is 14.9 Å². The fraction of sp³-hybridized carbons (Fsp3) is 0.133. The van der Waals surface area contributed by atoms with Crippen LogP contribution in [0, 0.1) is 0 Å². The van der Waals surface area contributed by atoms with E-state index in [1.807, 2.05) is 18.4 Å². The molecule has 1 aromatic carbocycles. The molecule has 0 aliphatic carbocycles. The summed E-state index contributed by atoms with van der Waals surface area (Å²) in [7, 11) is -3.82. The van der Waals surface area contributed by atoms with E-state index in [1.54, 1.807) is 24.3 Å². The number of sulfone groups is 1. The summed E-state index contributed by atoms with van der Waals surface area (Å²) in [5.74, 6) is 0.271. The first-order valence-electron chi connectivity index (χ1n) is 7.24. The molecule has 0 aliphatic rings. The largest absolute Gasteiger partial charge is 0.382 e. The SMILES string of the molecule is CCc1ccc(S(=O)(=O)c2nnn3c2nc(N)c2sccc23)cc1. The number of hydrogen-bond donors (Lipinski definition) is 1. The van der Waals surface area contributed by atoms with E-state index in [-0.39, 0.29) is 21.4 Å². The number of aryl methyl sites for hydroxylation is 1. The Morgan fingerprint density at radius 2 is 1.96 bits per heavy atom. The quantitative estimate of drug-likeness (QED) is 0.602. The van der Waals surface area contributed by atoms with Crippen LogP contribution >= 0.6 is 11.3 Å². The minimum Gasteiger partial charge on any atom is -0.382 e. The highest BCUT2D eigenvalue weighted by molar-refractivity contribution is 7.91. The molecule has 0 saturated carbocycles. The molecule has 0 spiro atoms. The minimum absolute atomic E-state index is 0.137. The molecule has 24 heavy (non-hydrogen) atoms. The monoisotopic (exact) mass is 359 g/mol. The van der Waals surface area contributed by atoms with Crippen LogP contribution in [0.2, 0.25) is 0 Å². The topological polar surface area (TPSA) is 103 Å². The first-order chi connectivity index (χ1) is 11.5. The zero-order chi connectivity index (χ0) is 16.9. The summed E-state index contributed by atoms with van der Waals surface area (Å²) in [6.07, 6.45) is 0.837. The lowest BCUT2D eigenvalue weighted by Crippen LogP contribution is -2.05. The van der Waals surface area contributed by atoms with Gasteiger partial charge in [-0.2, -0.15) is 4.52 Å². The van der Waals surface area contributed by atoms with Gasteiger partial charge in [-0.1, -0.05) is 24.3 Å². The number of anilines is 1. The third kappa shape index (κ3) is 2.09. The molecule has 3 aromatic heterocycles. The molecule has 0 unspecified atom stereocenters. The van der Waals surface area contributed by atoms with Crippen LogP contribution in [0.3, 0.4) is 0 Å². The third-order valence-corrected chi connectivity index (χ3v) is 6.44. The van der Waals surface area contributed by atoms with Crippen molar-refractivity contribution >= 4 is 42.9 Å². The van der Waals surface area contributed by atoms with E-state index in [4.69, 9.17) is 5.73 Å². The number of thiophene rings is 1. The molecule has 4 rings (SSSR count). The highest BCUT2D eigenvalue weighted by atomic mass is 32.2. The van der Waals surface area contributed by atoms with Crippen LogP contribution in [0.1, 0.15) is 12.5 Å². The van der Waals surface area contributed by atoms with Gasteiger partial charge >= 0.3 is 0 Å². The molecule has 7 nitrogen and oxygen atoms in total. The Kier molecular flexibility index (Phi) is 3.29. The summed E-state index contributed by atoms with van der Waals surface area (Å²) in [6, 6.07) is 8.54. The number of aromatic nitrogens is 4. The molecule has 0 aliphatic heterocycles. The maximum absolute atomic E-state index is 12.9. The molecule has 3 heterocycles. The zero-order valence-electron chi connectivity index (χ0n) is 12.7. The van der Waals surface area contributed by atoms with Gasteiger partial charge in [0.1, 0.15) is 5.82 Å². The number of fused-ring (bicyclic) bond motifs is 3. The van der Waals surface area contributed by atoms with Gasteiger partial charge in [0.15, 0.2) is 5.65 Å². The van der Waals surface area contributed by atoms with Crippen molar-refractivity contribution in [2.75, 3.05) is 5.73 Å². The lowest BCUT2D eigenvalue weighted by atomic mass is 10.2. The van der Waals surface area contributed by atoms with Gasteiger partial charge in [0, 0.05) is 0 Å². The number of benzene rings is 1. The van der Waals surface area contributed by atoms with Gasteiger partial charge in [-0.05, 0) is 35.6 Å². The molecule has 0 saturated heterocycles. The lowest BCUT2D eigenvalue weighted by Gasteiger charge is -2.03. The van der Waals surface area contributed by atoms with Gasteiger partial charge in [-0.25, -0.2) is 13.4 Å². The number of nitrogens with zero attached hydrogens (tertiary/aromatic N) is 4. The maximum Gasteiger partial charge on any atom is 0.229 e. The Bertz CT molecular complexity index is 1160. The molecule has 9 heteroatoms. The molecule has 0 atom stereocenters. The Hall–Kier alpha value is -2.52. The van der Waals surface area contributed by atoms with Gasteiger partial charge in [-0.15, -0.1) is 16.4 Å². The highest BCUT2D eigenvalue weighted by Crippen LogP contribution is 2.29. The predicted octanol–water partition coefficient (Wildman–Crippen LogP) is 2.32. The molecule has 4 aromatic rings. The van der Waals surface area contributed by atoms with Crippen LogP contribution in [0.4, 0.5) is 5.82 Å². The first kappa shape index (κ1) is 15.0. The molecule has 0 amide bonds. The van der Waals surface area contributed by atoms with Crippen LogP contribution in [0.15, 0.2) is 45.6 Å². The van der Waals surface area contributed by atoms with Gasteiger partial charge in [0.25, 0.3) is 0 Å². The summed E-state index contributed by atoms with van der Waals surface area (Å²) in [5.41, 5.74) is 7.84. The van der Waals surface area contributed by atoms with E-state index in [1.165, 1.54) is 15.9 Å². The second-order valence-electron chi connectivity index (χ2n) is 5.26. The van der Waals surface area contributed by atoms with Crippen molar-refractivity contribution in [1.29, 1.82) is 0 Å². The smallest absolute Gasteiger partial charge is 0.229 e. The Morgan fingerprint density at radius 3 is 2.67 bits per heavy atom. The van der Waals surface area contributed by atoms with E-state index in [0.29, 0.717) is 5.52 Å². The maximum atomic E-state index is 12.9.